The smallest absolute Gasteiger partial charge is 0.411 e. The van der Waals surface area contributed by atoms with Crippen LogP contribution in [0.1, 0.15) is 28.2 Å². The van der Waals surface area contributed by atoms with Crippen LogP contribution in [0.3, 0.4) is 0 Å². The molecule has 0 bridgehead atoms. The summed E-state index contributed by atoms with van der Waals surface area (Å²) in [4.78, 5) is 14.5. The van der Waals surface area contributed by atoms with Crippen molar-refractivity contribution in [1.29, 1.82) is 0 Å². The highest BCUT2D eigenvalue weighted by Gasteiger charge is 2.64. The van der Waals surface area contributed by atoms with Crippen molar-refractivity contribution in [1.82, 2.24) is 4.98 Å². The van der Waals surface area contributed by atoms with E-state index in [2.05, 4.69) is 10.3 Å². The van der Waals surface area contributed by atoms with Gasteiger partial charge in [0.2, 0.25) is 0 Å². The van der Waals surface area contributed by atoms with Gasteiger partial charge < -0.3 is 10.4 Å². The first-order valence-corrected chi connectivity index (χ1v) is 5.62. The Morgan fingerprint density at radius 2 is 2.12 bits per heavy atom. The number of alkyl halides is 3. The fraction of sp³-hybridized carbons (Fsp3) is 0.556. The van der Waals surface area contributed by atoms with Crippen molar-refractivity contribution in [3.63, 3.8) is 0 Å². The Morgan fingerprint density at radius 1 is 1.53 bits per heavy atom. The summed E-state index contributed by atoms with van der Waals surface area (Å²) >= 11 is 0.729. The second-order valence-corrected chi connectivity index (χ2v) is 4.94. The number of thiazole rings is 1. The number of nitrogens with zero attached hydrogens (tertiary/aromatic N) is 1. The molecule has 0 radical (unpaired) electrons. The first kappa shape index (κ1) is 12.2. The van der Waals surface area contributed by atoms with Gasteiger partial charge in [-0.1, -0.05) is 11.3 Å². The molecule has 2 N–H and O–H groups in total. The second-order valence-electron chi connectivity index (χ2n) is 3.94. The van der Waals surface area contributed by atoms with Crippen LogP contribution < -0.4 is 5.32 Å². The lowest BCUT2D eigenvalue weighted by Crippen LogP contribution is -2.38. The quantitative estimate of drug-likeness (QED) is 0.882. The third-order valence-corrected chi connectivity index (χ3v) is 3.69. The molecule has 17 heavy (non-hydrogen) atoms. The van der Waals surface area contributed by atoms with Crippen molar-refractivity contribution in [2.24, 2.45) is 0 Å². The summed E-state index contributed by atoms with van der Waals surface area (Å²) in [6.45, 7) is 1.46. The monoisotopic (exact) mass is 266 g/mol. The van der Waals surface area contributed by atoms with Crippen molar-refractivity contribution in [2.45, 2.75) is 31.5 Å². The number of aromatic nitrogens is 1. The minimum Gasteiger partial charge on any atom is -0.477 e. The van der Waals surface area contributed by atoms with Crippen LogP contribution in [0.2, 0.25) is 0 Å². The van der Waals surface area contributed by atoms with Gasteiger partial charge in [0, 0.05) is 0 Å². The van der Waals surface area contributed by atoms with Crippen LogP contribution in [0.5, 0.6) is 0 Å². The maximum Gasteiger partial charge on any atom is 0.411 e. The highest BCUT2D eigenvalue weighted by molar-refractivity contribution is 7.17. The summed E-state index contributed by atoms with van der Waals surface area (Å²) in [5.74, 6) is -1.18. The van der Waals surface area contributed by atoms with E-state index in [0.717, 1.165) is 11.3 Å². The van der Waals surface area contributed by atoms with E-state index in [1.54, 1.807) is 0 Å². The first-order chi connectivity index (χ1) is 7.75. The SMILES string of the molecule is Cc1nc(NC2(C(F)(F)F)CC2)sc1C(=O)O. The van der Waals surface area contributed by atoms with Crippen LogP contribution in [0.15, 0.2) is 0 Å². The second kappa shape index (κ2) is 3.59. The summed E-state index contributed by atoms with van der Waals surface area (Å²) < 4.78 is 37.9. The van der Waals surface area contributed by atoms with Crippen molar-refractivity contribution < 1.29 is 23.1 Å². The number of carboxylic acids is 1. The lowest BCUT2D eigenvalue weighted by Gasteiger charge is -2.19. The zero-order valence-corrected chi connectivity index (χ0v) is 9.58. The summed E-state index contributed by atoms with van der Waals surface area (Å²) in [5.41, 5.74) is -1.68. The molecular formula is C9H9F3N2O2S. The molecule has 0 unspecified atom stereocenters. The zero-order valence-electron chi connectivity index (χ0n) is 8.76. The molecule has 0 amide bonds. The van der Waals surface area contributed by atoms with Crippen LogP contribution in [-0.4, -0.2) is 27.8 Å². The van der Waals surface area contributed by atoms with Gasteiger partial charge in [0.15, 0.2) is 5.13 Å². The molecule has 0 aromatic carbocycles. The Morgan fingerprint density at radius 3 is 2.47 bits per heavy atom. The Kier molecular flexibility index (Phi) is 2.57. The van der Waals surface area contributed by atoms with Gasteiger partial charge in [-0.15, -0.1) is 0 Å². The molecule has 0 spiro atoms. The Balaban J connectivity index is 2.21. The summed E-state index contributed by atoms with van der Waals surface area (Å²) in [5, 5.41) is 11.1. The fourth-order valence-electron chi connectivity index (χ4n) is 1.46. The van der Waals surface area contributed by atoms with Gasteiger partial charge in [-0.05, 0) is 19.8 Å². The van der Waals surface area contributed by atoms with Crippen LogP contribution in [-0.2, 0) is 0 Å². The molecular weight excluding hydrogens is 257 g/mol. The van der Waals surface area contributed by atoms with Crippen molar-refractivity contribution in [3.05, 3.63) is 10.6 Å². The minimum absolute atomic E-state index is 0.00245. The predicted molar refractivity (Wildman–Crippen MR) is 55.5 cm³/mol. The van der Waals surface area contributed by atoms with Crippen LogP contribution in [0.25, 0.3) is 0 Å². The van der Waals surface area contributed by atoms with Gasteiger partial charge in [0.05, 0.1) is 5.69 Å². The van der Waals surface area contributed by atoms with E-state index in [9.17, 15) is 18.0 Å². The van der Waals surface area contributed by atoms with E-state index in [0.29, 0.717) is 0 Å². The van der Waals surface area contributed by atoms with E-state index in [1.807, 2.05) is 0 Å². The van der Waals surface area contributed by atoms with Crippen molar-refractivity contribution in [3.8, 4) is 0 Å². The average molecular weight is 266 g/mol. The number of carboxylic acid groups (broad SMARTS) is 1. The van der Waals surface area contributed by atoms with Crippen LogP contribution in [0.4, 0.5) is 18.3 Å². The van der Waals surface area contributed by atoms with Gasteiger partial charge >= 0.3 is 12.1 Å². The number of aromatic carboxylic acids is 1. The largest absolute Gasteiger partial charge is 0.477 e. The molecule has 1 aliphatic rings. The third-order valence-electron chi connectivity index (χ3n) is 2.63. The number of rotatable bonds is 3. The zero-order chi connectivity index (χ0) is 12.8. The number of carbonyl (C=O) groups is 1. The molecule has 0 atom stereocenters. The molecule has 0 saturated heterocycles. The van der Waals surface area contributed by atoms with Gasteiger partial charge in [-0.2, -0.15) is 13.2 Å². The molecule has 2 rings (SSSR count). The standard InChI is InChI=1S/C9H9F3N2O2S/c1-4-5(6(15)16)17-7(13-4)14-8(2-3-8)9(10,11)12/h2-3H2,1H3,(H,13,14)(H,15,16). The Hall–Kier alpha value is -1.31. The minimum atomic E-state index is -4.34. The fourth-order valence-corrected chi connectivity index (χ4v) is 2.36. The molecule has 1 fully saturated rings. The van der Waals surface area contributed by atoms with E-state index in [-0.39, 0.29) is 28.5 Å². The molecule has 1 saturated carbocycles. The third kappa shape index (κ3) is 2.08. The predicted octanol–water partition coefficient (Wildman–Crippen LogP) is 2.66. The van der Waals surface area contributed by atoms with Crippen molar-refractivity contribution >= 4 is 22.4 Å². The number of hydrogen-bond donors (Lipinski definition) is 2. The van der Waals surface area contributed by atoms with E-state index < -0.39 is 17.7 Å². The van der Waals surface area contributed by atoms with Crippen molar-refractivity contribution in [2.75, 3.05) is 5.32 Å². The van der Waals surface area contributed by atoms with Gasteiger partial charge in [0.25, 0.3) is 0 Å². The number of anilines is 1. The van der Waals surface area contributed by atoms with E-state index in [1.165, 1.54) is 6.92 Å². The Labute approximate surface area is 98.5 Å². The van der Waals surface area contributed by atoms with Gasteiger partial charge in [-0.3, -0.25) is 0 Å². The van der Waals surface area contributed by atoms with Gasteiger partial charge in [-0.25, -0.2) is 9.78 Å². The normalized spacial score (nSPS) is 17.9. The topological polar surface area (TPSA) is 62.2 Å². The maximum absolute atomic E-state index is 12.6. The Bertz CT molecular complexity index is 465. The first-order valence-electron chi connectivity index (χ1n) is 4.81. The molecule has 4 nitrogen and oxygen atoms in total. The lowest BCUT2D eigenvalue weighted by molar-refractivity contribution is -0.151. The molecule has 1 aromatic rings. The molecule has 94 valence electrons. The highest BCUT2D eigenvalue weighted by Crippen LogP contribution is 2.51. The van der Waals surface area contributed by atoms with Gasteiger partial charge in [0.1, 0.15) is 10.4 Å². The molecule has 1 aliphatic carbocycles. The number of nitrogens with one attached hydrogen (secondary N) is 1. The van der Waals surface area contributed by atoms with Crippen LogP contribution in [0, 0.1) is 6.92 Å². The molecule has 1 aromatic heterocycles. The number of hydrogen-bond acceptors (Lipinski definition) is 4. The maximum atomic E-state index is 12.6. The number of aryl methyl sites for hydroxylation is 1. The highest BCUT2D eigenvalue weighted by atomic mass is 32.1. The summed E-state index contributed by atoms with van der Waals surface area (Å²) in [7, 11) is 0. The molecule has 1 heterocycles. The summed E-state index contributed by atoms with van der Waals surface area (Å²) in [6.07, 6.45) is -4.34. The lowest BCUT2D eigenvalue weighted by atomic mass is 10.3. The summed E-state index contributed by atoms with van der Waals surface area (Å²) in [6, 6.07) is 0. The molecule has 8 heteroatoms. The van der Waals surface area contributed by atoms with E-state index >= 15 is 0 Å². The van der Waals surface area contributed by atoms with Crippen LogP contribution >= 0.6 is 11.3 Å². The number of halogens is 3. The average Bonchev–Trinajstić information content (AvgIpc) is 2.84. The van der Waals surface area contributed by atoms with E-state index in [4.69, 9.17) is 5.11 Å². The molecule has 0 aliphatic heterocycles.